The third-order valence-corrected chi connectivity index (χ3v) is 8.05. The second-order valence-corrected chi connectivity index (χ2v) is 11.3. The molecule has 3 aliphatic rings. The molecule has 0 spiro atoms. The van der Waals surface area contributed by atoms with E-state index < -0.39 is 17.7 Å². The standard InChI is InChI=1S/C26H36N2O5/c1-24(2,3)33-23(30)27-14-17(15-8-10-16(31-7)11-9-15)19-22(29)32-21-20(28-19)18-12-13-26(21,6)25(18,4)5/h8-11,17-19,21H,12-14H2,1-7H3,(H,27,30)/t17-,18+,19+,21+,26-/m0/s1. The molecule has 1 aromatic rings. The normalized spacial score (nSPS) is 30.7. The highest BCUT2D eigenvalue weighted by Gasteiger charge is 2.67. The molecule has 0 aromatic heterocycles. The number of amides is 1. The Hall–Kier alpha value is -2.57. The van der Waals surface area contributed by atoms with E-state index in [1.165, 1.54) is 0 Å². The van der Waals surface area contributed by atoms with Gasteiger partial charge in [0.2, 0.25) is 0 Å². The number of carbonyl (C=O) groups excluding carboxylic acids is 2. The Morgan fingerprint density at radius 1 is 1.24 bits per heavy atom. The molecule has 180 valence electrons. The van der Waals surface area contributed by atoms with Crippen LogP contribution in [0.15, 0.2) is 29.3 Å². The minimum atomic E-state index is -0.724. The van der Waals surface area contributed by atoms with E-state index >= 15 is 0 Å². The molecular weight excluding hydrogens is 420 g/mol. The number of aliphatic imine (C=N–C) groups is 1. The first-order valence-electron chi connectivity index (χ1n) is 11.8. The maximum atomic E-state index is 13.3. The van der Waals surface area contributed by atoms with Crippen LogP contribution in [0.1, 0.15) is 65.9 Å². The first kappa shape index (κ1) is 23.6. The summed E-state index contributed by atoms with van der Waals surface area (Å²) in [5, 5.41) is 2.83. The average molecular weight is 457 g/mol. The molecule has 0 radical (unpaired) electrons. The second-order valence-electron chi connectivity index (χ2n) is 11.3. The van der Waals surface area contributed by atoms with Crippen LogP contribution < -0.4 is 10.1 Å². The van der Waals surface area contributed by atoms with Crippen molar-refractivity contribution in [1.82, 2.24) is 5.32 Å². The van der Waals surface area contributed by atoms with E-state index in [1.807, 2.05) is 45.0 Å². The van der Waals surface area contributed by atoms with Gasteiger partial charge in [0.05, 0.1) is 12.8 Å². The molecule has 2 aliphatic carbocycles. The number of benzene rings is 1. The lowest BCUT2D eigenvalue weighted by Crippen LogP contribution is -2.49. The van der Waals surface area contributed by atoms with Crippen LogP contribution in [-0.2, 0) is 14.3 Å². The molecule has 33 heavy (non-hydrogen) atoms. The van der Waals surface area contributed by atoms with Gasteiger partial charge in [-0.1, -0.05) is 32.9 Å². The SMILES string of the molecule is COc1ccc([C@H](CNC(=O)OC(C)(C)C)[C@H]2N=C3[C@H]4CC[C@@](C)([C@@H]3OC2=O)C4(C)C)cc1. The monoisotopic (exact) mass is 456 g/mol. The van der Waals surface area contributed by atoms with Crippen LogP contribution in [0.5, 0.6) is 5.75 Å². The zero-order valence-corrected chi connectivity index (χ0v) is 20.7. The second kappa shape index (κ2) is 8.03. The number of esters is 1. The van der Waals surface area contributed by atoms with Gasteiger partial charge in [0.15, 0.2) is 6.04 Å². The lowest BCUT2D eigenvalue weighted by molar-refractivity contribution is -0.156. The number of hydrogen-bond acceptors (Lipinski definition) is 6. The molecule has 2 saturated carbocycles. The molecular formula is C26H36N2O5. The van der Waals surface area contributed by atoms with Crippen molar-refractivity contribution in [3.8, 4) is 5.75 Å². The Kier molecular flexibility index (Phi) is 5.74. The summed E-state index contributed by atoms with van der Waals surface area (Å²) in [5.41, 5.74) is 1.21. The van der Waals surface area contributed by atoms with Crippen molar-refractivity contribution in [3.05, 3.63) is 29.8 Å². The number of methoxy groups -OCH3 is 1. The zero-order chi connectivity index (χ0) is 24.2. The summed E-state index contributed by atoms with van der Waals surface area (Å²) in [7, 11) is 1.61. The van der Waals surface area contributed by atoms with E-state index in [1.54, 1.807) is 7.11 Å². The summed E-state index contributed by atoms with van der Waals surface area (Å²) < 4.78 is 16.8. The molecule has 2 bridgehead atoms. The molecule has 2 fully saturated rings. The fourth-order valence-electron chi connectivity index (χ4n) is 5.79. The van der Waals surface area contributed by atoms with Gasteiger partial charge in [-0.3, -0.25) is 4.99 Å². The minimum Gasteiger partial charge on any atom is -0.497 e. The highest BCUT2D eigenvalue weighted by atomic mass is 16.6. The number of fused-ring (bicyclic) bond motifs is 5. The fourth-order valence-corrected chi connectivity index (χ4v) is 5.79. The van der Waals surface area contributed by atoms with Crippen LogP contribution in [-0.4, -0.2) is 49.2 Å². The quantitative estimate of drug-likeness (QED) is 0.660. The van der Waals surface area contributed by atoms with Gasteiger partial charge in [0, 0.05) is 23.8 Å². The number of alkyl carbamates (subject to hydrolysis) is 1. The van der Waals surface area contributed by atoms with Crippen molar-refractivity contribution < 1.29 is 23.8 Å². The number of ether oxygens (including phenoxy) is 3. The molecule has 7 heteroatoms. The average Bonchev–Trinajstić information content (AvgIpc) is 3.05. The number of carbonyl (C=O) groups is 2. The van der Waals surface area contributed by atoms with Gasteiger partial charge in [-0.15, -0.1) is 0 Å². The summed E-state index contributed by atoms with van der Waals surface area (Å²) in [6, 6.07) is 6.79. The van der Waals surface area contributed by atoms with E-state index in [0.29, 0.717) is 5.92 Å². The first-order chi connectivity index (χ1) is 15.4. The molecule has 1 N–H and O–H groups in total. The van der Waals surface area contributed by atoms with E-state index in [2.05, 4.69) is 26.1 Å². The molecule has 0 unspecified atom stereocenters. The van der Waals surface area contributed by atoms with Crippen molar-refractivity contribution in [3.63, 3.8) is 0 Å². The maximum absolute atomic E-state index is 13.3. The predicted molar refractivity (Wildman–Crippen MR) is 126 cm³/mol. The largest absolute Gasteiger partial charge is 0.497 e. The van der Waals surface area contributed by atoms with Gasteiger partial charge >= 0.3 is 12.1 Å². The summed E-state index contributed by atoms with van der Waals surface area (Å²) in [6.07, 6.45) is 1.32. The van der Waals surface area contributed by atoms with Gasteiger partial charge in [-0.2, -0.15) is 0 Å². The summed E-state index contributed by atoms with van der Waals surface area (Å²) in [5.74, 6) is 0.302. The Morgan fingerprint density at radius 2 is 1.91 bits per heavy atom. The molecule has 1 aromatic carbocycles. The van der Waals surface area contributed by atoms with Crippen LogP contribution in [0.3, 0.4) is 0 Å². The fraction of sp³-hybridized carbons (Fsp3) is 0.654. The Bertz CT molecular complexity index is 962. The maximum Gasteiger partial charge on any atom is 0.407 e. The Morgan fingerprint density at radius 3 is 2.52 bits per heavy atom. The van der Waals surface area contributed by atoms with Crippen LogP contribution in [0, 0.1) is 16.7 Å². The first-order valence-corrected chi connectivity index (χ1v) is 11.8. The summed E-state index contributed by atoms with van der Waals surface area (Å²) >= 11 is 0. The summed E-state index contributed by atoms with van der Waals surface area (Å²) in [4.78, 5) is 30.7. The number of nitrogens with one attached hydrogen (secondary N) is 1. The molecule has 5 atom stereocenters. The van der Waals surface area contributed by atoms with Gasteiger partial charge in [0.1, 0.15) is 17.5 Å². The molecule has 0 saturated heterocycles. The Balaban J connectivity index is 1.65. The van der Waals surface area contributed by atoms with Gasteiger partial charge < -0.3 is 19.5 Å². The lowest BCUT2D eigenvalue weighted by Gasteiger charge is -2.40. The van der Waals surface area contributed by atoms with E-state index in [0.717, 1.165) is 29.9 Å². The molecule has 1 amide bonds. The van der Waals surface area contributed by atoms with E-state index in [9.17, 15) is 9.59 Å². The van der Waals surface area contributed by atoms with Crippen molar-refractivity contribution >= 4 is 17.8 Å². The Labute approximate surface area is 196 Å². The number of hydrogen-bond donors (Lipinski definition) is 1. The lowest BCUT2D eigenvalue weighted by atomic mass is 9.70. The molecule has 4 rings (SSSR count). The van der Waals surface area contributed by atoms with Gasteiger partial charge in [0.25, 0.3) is 0 Å². The van der Waals surface area contributed by atoms with E-state index in [-0.39, 0.29) is 35.4 Å². The smallest absolute Gasteiger partial charge is 0.407 e. The van der Waals surface area contributed by atoms with Crippen LogP contribution in [0.4, 0.5) is 4.79 Å². The van der Waals surface area contributed by atoms with Gasteiger partial charge in [-0.05, 0) is 56.7 Å². The van der Waals surface area contributed by atoms with Crippen molar-refractivity contribution in [1.29, 1.82) is 0 Å². The topological polar surface area (TPSA) is 86.2 Å². The molecule has 1 aliphatic heterocycles. The molecule has 7 nitrogen and oxygen atoms in total. The third-order valence-electron chi connectivity index (χ3n) is 8.05. The zero-order valence-electron chi connectivity index (χ0n) is 20.7. The van der Waals surface area contributed by atoms with E-state index in [4.69, 9.17) is 19.2 Å². The number of rotatable bonds is 5. The predicted octanol–water partition coefficient (Wildman–Crippen LogP) is 4.49. The molecule has 1 heterocycles. The van der Waals surface area contributed by atoms with Gasteiger partial charge in [-0.25, -0.2) is 9.59 Å². The minimum absolute atomic E-state index is 0.0239. The van der Waals surface area contributed by atoms with Crippen molar-refractivity contribution in [2.24, 2.45) is 21.7 Å². The van der Waals surface area contributed by atoms with Crippen LogP contribution >= 0.6 is 0 Å². The summed E-state index contributed by atoms with van der Waals surface area (Å²) in [6.45, 7) is 12.4. The van der Waals surface area contributed by atoms with Crippen LogP contribution in [0.2, 0.25) is 0 Å². The third kappa shape index (κ3) is 4.00. The van der Waals surface area contributed by atoms with Crippen LogP contribution in [0.25, 0.3) is 0 Å². The highest BCUT2D eigenvalue weighted by molar-refractivity contribution is 6.01. The van der Waals surface area contributed by atoms with Crippen molar-refractivity contribution in [2.75, 3.05) is 13.7 Å². The number of nitrogens with zero attached hydrogens (tertiary/aromatic N) is 1. The highest BCUT2D eigenvalue weighted by Crippen LogP contribution is 2.65. The van der Waals surface area contributed by atoms with Crippen molar-refractivity contribution in [2.45, 2.75) is 78.0 Å².